The van der Waals surface area contributed by atoms with Crippen molar-refractivity contribution in [1.82, 2.24) is 4.98 Å². The maximum absolute atomic E-state index is 12.8. The fourth-order valence-electron chi connectivity index (χ4n) is 4.04. The van der Waals surface area contributed by atoms with Crippen LogP contribution in [0, 0.1) is 6.92 Å². The summed E-state index contributed by atoms with van der Waals surface area (Å²) in [5.41, 5.74) is 5.78. The van der Waals surface area contributed by atoms with Crippen molar-refractivity contribution in [3.8, 4) is 28.5 Å². The standard InChI is InChI=1S/C31H27ClN2O4/c1-18(2)20-7-12-29-26(16-20)34-31(38-29)22-8-11-28(36-4)25(17-22)33-30(35)14-10-23-9-13-27(37-23)21-6-5-19(3)24(32)15-21/h5-18H,1-4H3,(H,33,35)/b14-10+. The number of nitrogens with one attached hydrogen (secondary N) is 1. The fourth-order valence-corrected chi connectivity index (χ4v) is 4.22. The number of hydrogen-bond acceptors (Lipinski definition) is 5. The number of nitrogens with zero attached hydrogens (tertiary/aromatic N) is 1. The van der Waals surface area contributed by atoms with Gasteiger partial charge < -0.3 is 18.9 Å². The van der Waals surface area contributed by atoms with Gasteiger partial charge in [0.25, 0.3) is 0 Å². The number of anilines is 1. The van der Waals surface area contributed by atoms with E-state index in [2.05, 4.69) is 24.1 Å². The summed E-state index contributed by atoms with van der Waals surface area (Å²) >= 11 is 6.23. The Bertz CT molecular complexity index is 1660. The minimum atomic E-state index is -0.337. The highest BCUT2D eigenvalue weighted by molar-refractivity contribution is 6.31. The van der Waals surface area contributed by atoms with E-state index in [0.29, 0.717) is 45.4 Å². The molecule has 3 aromatic carbocycles. The van der Waals surface area contributed by atoms with E-state index in [4.69, 9.17) is 25.2 Å². The van der Waals surface area contributed by atoms with E-state index in [-0.39, 0.29) is 5.91 Å². The Hall–Kier alpha value is -4.29. The summed E-state index contributed by atoms with van der Waals surface area (Å²) in [5, 5.41) is 3.54. The number of halogens is 1. The average Bonchev–Trinajstić information content (AvgIpc) is 3.56. The number of rotatable bonds is 7. The first-order valence-corrected chi connectivity index (χ1v) is 12.6. The van der Waals surface area contributed by atoms with Gasteiger partial charge in [-0.05, 0) is 78.6 Å². The van der Waals surface area contributed by atoms with Crippen LogP contribution in [0.2, 0.25) is 5.02 Å². The number of methoxy groups -OCH3 is 1. The van der Waals surface area contributed by atoms with Crippen LogP contribution in [0.1, 0.15) is 36.7 Å². The van der Waals surface area contributed by atoms with Crippen molar-refractivity contribution in [3.63, 3.8) is 0 Å². The molecule has 0 radical (unpaired) electrons. The second-order valence-electron chi connectivity index (χ2n) is 9.30. The van der Waals surface area contributed by atoms with Gasteiger partial charge in [-0.2, -0.15) is 0 Å². The first-order chi connectivity index (χ1) is 18.3. The van der Waals surface area contributed by atoms with E-state index < -0.39 is 0 Å². The van der Waals surface area contributed by atoms with Gasteiger partial charge >= 0.3 is 0 Å². The van der Waals surface area contributed by atoms with E-state index >= 15 is 0 Å². The molecule has 192 valence electrons. The largest absolute Gasteiger partial charge is 0.495 e. The summed E-state index contributed by atoms with van der Waals surface area (Å²) in [6.07, 6.45) is 3.02. The molecule has 5 aromatic rings. The Morgan fingerprint density at radius 3 is 2.58 bits per heavy atom. The van der Waals surface area contributed by atoms with Crippen LogP contribution in [-0.2, 0) is 4.79 Å². The van der Waals surface area contributed by atoms with Crippen LogP contribution in [0.3, 0.4) is 0 Å². The maximum Gasteiger partial charge on any atom is 0.248 e. The Kier molecular flexibility index (Phi) is 7.07. The maximum atomic E-state index is 12.8. The van der Waals surface area contributed by atoms with Gasteiger partial charge in [0, 0.05) is 22.2 Å². The summed E-state index contributed by atoms with van der Waals surface area (Å²) in [5.74, 6) is 2.25. The fraction of sp³-hybridized carbons (Fsp3) is 0.161. The summed E-state index contributed by atoms with van der Waals surface area (Å²) in [6, 6.07) is 20.8. The van der Waals surface area contributed by atoms with E-state index in [0.717, 1.165) is 22.2 Å². The van der Waals surface area contributed by atoms with Gasteiger partial charge in [0.15, 0.2) is 5.58 Å². The minimum absolute atomic E-state index is 0.337. The number of carbonyl (C=O) groups is 1. The van der Waals surface area contributed by atoms with Crippen molar-refractivity contribution in [2.24, 2.45) is 0 Å². The molecule has 1 amide bonds. The molecule has 0 aliphatic heterocycles. The van der Waals surface area contributed by atoms with E-state index in [9.17, 15) is 4.79 Å². The van der Waals surface area contributed by atoms with Crippen molar-refractivity contribution < 1.29 is 18.4 Å². The first-order valence-electron chi connectivity index (χ1n) is 12.2. The van der Waals surface area contributed by atoms with Gasteiger partial charge in [0.05, 0.1) is 12.8 Å². The Labute approximate surface area is 225 Å². The number of benzene rings is 3. The predicted octanol–water partition coefficient (Wildman–Crippen LogP) is 8.50. The van der Waals surface area contributed by atoms with Gasteiger partial charge in [0.2, 0.25) is 11.8 Å². The van der Waals surface area contributed by atoms with Crippen LogP contribution in [0.25, 0.3) is 40.0 Å². The lowest BCUT2D eigenvalue weighted by Crippen LogP contribution is -2.09. The highest BCUT2D eigenvalue weighted by atomic mass is 35.5. The molecule has 0 fully saturated rings. The molecule has 1 N–H and O–H groups in total. The molecule has 5 rings (SSSR count). The molecular weight excluding hydrogens is 500 g/mol. The number of aromatic nitrogens is 1. The molecule has 0 aliphatic carbocycles. The van der Waals surface area contributed by atoms with Crippen LogP contribution in [0.15, 0.2) is 81.6 Å². The summed E-state index contributed by atoms with van der Waals surface area (Å²) in [7, 11) is 1.55. The number of amides is 1. The van der Waals surface area contributed by atoms with Gasteiger partial charge in [-0.1, -0.05) is 43.6 Å². The number of aryl methyl sites for hydroxylation is 1. The molecule has 2 aromatic heterocycles. The van der Waals surface area contributed by atoms with Crippen molar-refractivity contribution >= 4 is 40.4 Å². The van der Waals surface area contributed by atoms with Crippen LogP contribution in [-0.4, -0.2) is 18.0 Å². The molecule has 2 heterocycles. The summed E-state index contributed by atoms with van der Waals surface area (Å²) in [6.45, 7) is 6.22. The third kappa shape index (κ3) is 5.36. The lowest BCUT2D eigenvalue weighted by molar-refractivity contribution is -0.111. The molecule has 0 saturated carbocycles. The number of furan rings is 1. The van der Waals surface area contributed by atoms with Crippen molar-refractivity contribution in [2.75, 3.05) is 12.4 Å². The molecule has 0 atom stereocenters. The molecule has 0 bridgehead atoms. The number of oxazole rings is 1. The van der Waals surface area contributed by atoms with Crippen LogP contribution in [0.4, 0.5) is 5.69 Å². The lowest BCUT2D eigenvalue weighted by atomic mass is 10.0. The van der Waals surface area contributed by atoms with E-state index in [1.807, 2.05) is 55.5 Å². The first kappa shape index (κ1) is 25.4. The molecule has 0 saturated heterocycles. The number of hydrogen-bond donors (Lipinski definition) is 1. The van der Waals surface area contributed by atoms with Gasteiger partial charge in [-0.25, -0.2) is 4.98 Å². The zero-order valence-corrected chi connectivity index (χ0v) is 22.3. The minimum Gasteiger partial charge on any atom is -0.495 e. The molecular formula is C31H27ClN2O4. The highest BCUT2D eigenvalue weighted by Gasteiger charge is 2.14. The van der Waals surface area contributed by atoms with E-state index in [1.165, 1.54) is 11.6 Å². The molecule has 6 nitrogen and oxygen atoms in total. The van der Waals surface area contributed by atoms with Gasteiger partial charge in [-0.3, -0.25) is 4.79 Å². The number of fused-ring (bicyclic) bond motifs is 1. The molecule has 0 unspecified atom stereocenters. The van der Waals surface area contributed by atoms with Gasteiger partial charge in [-0.15, -0.1) is 0 Å². The second-order valence-corrected chi connectivity index (χ2v) is 9.71. The summed E-state index contributed by atoms with van der Waals surface area (Å²) < 4.78 is 17.3. The zero-order chi connectivity index (χ0) is 26.8. The monoisotopic (exact) mass is 526 g/mol. The molecule has 38 heavy (non-hydrogen) atoms. The predicted molar refractivity (Wildman–Crippen MR) is 152 cm³/mol. The SMILES string of the molecule is COc1ccc(-c2nc3cc(C(C)C)ccc3o2)cc1NC(=O)/C=C/c1ccc(-c2ccc(C)c(Cl)c2)o1. The van der Waals surface area contributed by atoms with Crippen LogP contribution < -0.4 is 10.1 Å². The van der Waals surface area contributed by atoms with Crippen LogP contribution >= 0.6 is 11.6 Å². The Balaban J connectivity index is 1.34. The van der Waals surface area contributed by atoms with Crippen LogP contribution in [0.5, 0.6) is 5.75 Å². The average molecular weight is 527 g/mol. The van der Waals surface area contributed by atoms with Crippen molar-refractivity contribution in [3.05, 3.63) is 94.7 Å². The molecule has 7 heteroatoms. The topological polar surface area (TPSA) is 77.5 Å². The normalized spacial score (nSPS) is 11.5. The molecule has 0 spiro atoms. The quantitative estimate of drug-likeness (QED) is 0.215. The van der Waals surface area contributed by atoms with Gasteiger partial charge in [0.1, 0.15) is 22.8 Å². The van der Waals surface area contributed by atoms with Crippen molar-refractivity contribution in [1.29, 1.82) is 0 Å². The molecule has 0 aliphatic rings. The Morgan fingerprint density at radius 2 is 1.82 bits per heavy atom. The summed E-state index contributed by atoms with van der Waals surface area (Å²) in [4.78, 5) is 17.4. The Morgan fingerprint density at radius 1 is 1.00 bits per heavy atom. The lowest BCUT2D eigenvalue weighted by Gasteiger charge is -2.10. The number of ether oxygens (including phenoxy) is 1. The zero-order valence-electron chi connectivity index (χ0n) is 21.5. The smallest absolute Gasteiger partial charge is 0.248 e. The highest BCUT2D eigenvalue weighted by Crippen LogP contribution is 2.33. The second kappa shape index (κ2) is 10.6. The van der Waals surface area contributed by atoms with E-state index in [1.54, 1.807) is 31.4 Å². The third-order valence-electron chi connectivity index (χ3n) is 6.26. The van der Waals surface area contributed by atoms with Crippen molar-refractivity contribution in [2.45, 2.75) is 26.7 Å². The number of carbonyl (C=O) groups excluding carboxylic acids is 1. The third-order valence-corrected chi connectivity index (χ3v) is 6.67.